The Balaban J connectivity index is 0.000000198. The number of benzene rings is 3. The molecule has 81 heavy (non-hydrogen) atoms. The SMILES string of the molecule is Cc1ccc2n[nH]nc2c1.Cn1[nH]nnc1=S.Nc1nn[nH]n1.O=C(O)Cc1nn[nH]n1.O=C(O)Cn1cnnn1.O=C(n1ccnc1)C(F)(F)F.S=c1nc[nH][nH]1.c1ccc(-c2nn[nH]n2)cc1.c1ccc(Cc2nn[nH]n2)cc1. The van der Waals surface area contributed by atoms with Crippen molar-refractivity contribution in [1.29, 1.82) is 0 Å². The molecule has 0 aliphatic rings. The Kier molecular flexibility index (Phi) is 26.2. The van der Waals surface area contributed by atoms with Gasteiger partial charge >= 0.3 is 24.0 Å². The molecule has 38 nitrogen and oxygen atoms in total. The molecule has 0 radical (unpaired) electrons. The summed E-state index contributed by atoms with van der Waals surface area (Å²) in [5, 5.41) is 103. The molecule has 0 saturated carbocycles. The van der Waals surface area contributed by atoms with Gasteiger partial charge in [0.05, 0.1) is 0 Å². The van der Waals surface area contributed by atoms with Crippen LogP contribution >= 0.6 is 24.4 Å². The third-order valence-electron chi connectivity index (χ3n) is 8.22. The van der Waals surface area contributed by atoms with Crippen LogP contribution in [-0.2, 0) is 36.0 Å². The zero-order valence-corrected chi connectivity index (χ0v) is 43.0. The van der Waals surface area contributed by atoms with Gasteiger partial charge in [-0.2, -0.15) is 54.6 Å². The number of halogens is 3. The maximum Gasteiger partial charge on any atom is 0.472 e. The lowest BCUT2D eigenvalue weighted by atomic mass is 10.1. The number of anilines is 1. The maximum atomic E-state index is 11.6. The number of hydrogen-bond donors (Lipinski definition) is 11. The number of tetrazole rings is 6. The van der Waals surface area contributed by atoms with Gasteiger partial charge in [-0.05, 0) is 75.5 Å². The van der Waals surface area contributed by atoms with Crippen molar-refractivity contribution in [3.8, 4) is 11.4 Å². The van der Waals surface area contributed by atoms with E-state index in [2.05, 4.69) is 174 Å². The summed E-state index contributed by atoms with van der Waals surface area (Å²) in [5.74, 6) is -2.13. The van der Waals surface area contributed by atoms with E-state index in [1.807, 2.05) is 85.8 Å². The number of nitrogen functional groups attached to an aromatic ring is 1. The number of aliphatic carboxylic acids is 2. The summed E-state index contributed by atoms with van der Waals surface area (Å²) in [4.78, 5) is 37.1. The van der Waals surface area contributed by atoms with Gasteiger partial charge < -0.3 is 15.9 Å². The van der Waals surface area contributed by atoms with Gasteiger partial charge in [-0.1, -0.05) is 92.6 Å². The molecule has 12 aromatic rings. The number of aromatic nitrogens is 32. The van der Waals surface area contributed by atoms with Gasteiger partial charge in [0.15, 0.2) is 11.6 Å². The number of carbonyl (C=O) groups excluding carboxylic acids is 1. The van der Waals surface area contributed by atoms with Crippen LogP contribution in [0.1, 0.15) is 27.6 Å². The Labute approximate surface area is 458 Å². The van der Waals surface area contributed by atoms with Crippen LogP contribution in [0.3, 0.4) is 0 Å². The molecular weight excluding hydrogens is 1120 g/mol. The van der Waals surface area contributed by atoms with Gasteiger partial charge in [-0.25, -0.2) is 19.3 Å². The lowest BCUT2D eigenvalue weighted by Crippen LogP contribution is -2.27. The molecule has 9 aromatic heterocycles. The molecule has 0 unspecified atom stereocenters. The Hall–Kier alpha value is -11.5. The van der Waals surface area contributed by atoms with Crippen LogP contribution in [0.15, 0.2) is 110 Å². The number of carboxylic acids is 2. The molecule has 12 rings (SSSR count). The third kappa shape index (κ3) is 25.7. The van der Waals surface area contributed by atoms with Crippen molar-refractivity contribution in [2.24, 2.45) is 7.05 Å². The zero-order valence-electron chi connectivity index (χ0n) is 41.4. The van der Waals surface area contributed by atoms with E-state index in [-0.39, 0.29) is 24.7 Å². The van der Waals surface area contributed by atoms with Crippen molar-refractivity contribution in [3.63, 3.8) is 0 Å². The first kappa shape index (κ1) is 62.0. The van der Waals surface area contributed by atoms with Crippen LogP contribution in [0.4, 0.5) is 19.1 Å². The standard InChI is InChI=1S/C8H8N4.C7H6N4.C7H7N3.C5H3F3N2O.2C3H4N4O2.C2H4N4S.C2H3N3S.CH3N5/c1-2-4-7(5-3-1)6-8-9-11-12-10-8;1-2-4-6(5-3-1)7-8-10-11-9-7;1-5-2-3-6-7(4-5)9-10-8-6;6-5(7,8)4(11)10-2-1-9-3-10;8-3(9)1-7-2-4-5-6-7;8-3(9)1-2-4-6-7-5-2;1-6-2(7)3-4-5-6;6-2-3-1-4-5-2;2-1-3-5-6-4-1/h1-5H,6H2,(H,9,10,11,12);1-5H,(H,8,9,10,11);2-4H,1H3,(H,8,9,10);1-3H;2H,1H2,(H,8,9);1H2,(H,8,9)(H,4,5,6,7);1H3,(H,3,5,7);1H,(H2,3,4,5,6);(H3,2,3,4,5,6). The second-order valence-corrected chi connectivity index (χ2v) is 15.0. The molecule has 3 aromatic carbocycles. The molecule has 0 aliphatic carbocycles. The van der Waals surface area contributed by atoms with Crippen LogP contribution in [0, 0.1) is 16.5 Å². The first-order chi connectivity index (χ1) is 39.0. The van der Waals surface area contributed by atoms with Crippen molar-refractivity contribution in [3.05, 3.63) is 143 Å². The first-order valence-corrected chi connectivity index (χ1v) is 22.6. The predicted octanol–water partition coefficient (Wildman–Crippen LogP) is 0.716. The van der Waals surface area contributed by atoms with E-state index in [0.717, 1.165) is 52.2 Å². The van der Waals surface area contributed by atoms with Gasteiger partial charge in [0, 0.05) is 31.4 Å². The third-order valence-corrected chi connectivity index (χ3v) is 8.78. The lowest BCUT2D eigenvalue weighted by molar-refractivity contribution is -0.138. The van der Waals surface area contributed by atoms with E-state index in [1.165, 1.54) is 23.8 Å². The van der Waals surface area contributed by atoms with Gasteiger partial charge in [0.25, 0.3) is 5.95 Å². The minimum absolute atomic E-state index is 0.176. The molecule has 0 saturated heterocycles. The van der Waals surface area contributed by atoms with Gasteiger partial charge in [0.1, 0.15) is 43.0 Å². The van der Waals surface area contributed by atoms with Crippen LogP contribution in [0.5, 0.6) is 0 Å². The Morgan fingerprint density at radius 2 is 1.37 bits per heavy atom. The fourth-order valence-electron chi connectivity index (χ4n) is 4.80. The predicted molar refractivity (Wildman–Crippen MR) is 270 cm³/mol. The van der Waals surface area contributed by atoms with Crippen molar-refractivity contribution in [1.82, 2.24) is 163 Å². The number of hydrogen-bond acceptors (Lipinski definition) is 27. The smallest absolute Gasteiger partial charge is 0.472 e. The normalized spacial score (nSPS) is 9.84. The lowest BCUT2D eigenvalue weighted by Gasteiger charge is -2.03. The largest absolute Gasteiger partial charge is 0.481 e. The molecule has 9 heterocycles. The number of alkyl halides is 3. The second kappa shape index (κ2) is 34.2. The quantitative estimate of drug-likeness (QED) is 0.0979. The van der Waals surface area contributed by atoms with Crippen LogP contribution in [-0.4, -0.2) is 197 Å². The number of fused-ring (bicyclic) bond motifs is 1. The average molecular weight is 1160 g/mol. The fraction of sp³-hybridized carbons (Fsp3) is 0.158. The fourth-order valence-corrected chi connectivity index (χ4v) is 4.99. The Morgan fingerprint density at radius 1 is 0.716 bits per heavy atom. The Morgan fingerprint density at radius 3 is 1.83 bits per heavy atom. The summed E-state index contributed by atoms with van der Waals surface area (Å²) < 4.78 is 38.9. The number of rotatable bonds is 7. The van der Waals surface area contributed by atoms with E-state index in [9.17, 15) is 27.6 Å². The van der Waals surface area contributed by atoms with Crippen molar-refractivity contribution in [2.75, 3.05) is 5.73 Å². The summed E-state index contributed by atoms with van der Waals surface area (Å²) in [6.45, 7) is 1.85. The van der Waals surface area contributed by atoms with Crippen LogP contribution in [0.25, 0.3) is 22.4 Å². The first-order valence-electron chi connectivity index (χ1n) is 21.8. The summed E-state index contributed by atoms with van der Waals surface area (Å²) in [5.41, 5.74) is 10.2. The minimum Gasteiger partial charge on any atom is -0.481 e. The number of nitrogens with one attached hydrogen (secondary N) is 8. The highest BCUT2D eigenvalue weighted by molar-refractivity contribution is 7.71. The van der Waals surface area contributed by atoms with E-state index < -0.39 is 24.0 Å². The molecule has 0 aliphatic heterocycles. The average Bonchev–Trinajstić information content (AvgIpc) is 4.28. The monoisotopic (exact) mass is 1160 g/mol. The molecule has 0 amide bonds. The minimum atomic E-state index is -4.83. The number of carbonyl (C=O) groups is 3. The highest BCUT2D eigenvalue weighted by Crippen LogP contribution is 2.17. The maximum absolute atomic E-state index is 11.6. The van der Waals surface area contributed by atoms with Gasteiger partial charge in [-0.3, -0.25) is 29.1 Å². The van der Waals surface area contributed by atoms with Gasteiger partial charge in [0.2, 0.25) is 15.4 Å². The molecule has 43 heteroatoms. The number of aromatic amines is 8. The highest BCUT2D eigenvalue weighted by atomic mass is 32.1. The molecule has 422 valence electrons. The molecule has 12 N–H and O–H groups in total. The summed E-state index contributed by atoms with van der Waals surface area (Å²) >= 11 is 9.19. The zero-order chi connectivity index (χ0) is 58.7. The van der Waals surface area contributed by atoms with Crippen molar-refractivity contribution in [2.45, 2.75) is 32.5 Å². The summed E-state index contributed by atoms with van der Waals surface area (Å²) in [7, 11) is 1.75. The number of H-pyrrole nitrogens is 8. The highest BCUT2D eigenvalue weighted by Gasteiger charge is 2.39. The molecule has 0 spiro atoms. The van der Waals surface area contributed by atoms with Crippen molar-refractivity contribution < 1.29 is 37.8 Å². The number of nitrogens with two attached hydrogens (primary N) is 1. The second-order valence-electron chi connectivity index (χ2n) is 14.2. The summed E-state index contributed by atoms with van der Waals surface area (Å²) in [6.07, 6.45) is 1.31. The number of imidazole rings is 1. The molecule has 0 fully saturated rings. The van der Waals surface area contributed by atoms with Crippen LogP contribution in [0.2, 0.25) is 0 Å². The van der Waals surface area contributed by atoms with E-state index >= 15 is 0 Å². The van der Waals surface area contributed by atoms with Gasteiger partial charge in [-0.15, -0.1) is 40.8 Å². The van der Waals surface area contributed by atoms with Crippen LogP contribution < -0.4 is 5.73 Å². The van der Waals surface area contributed by atoms with E-state index in [4.69, 9.17) is 15.9 Å². The number of carboxylic acid groups (broad SMARTS) is 2. The summed E-state index contributed by atoms with van der Waals surface area (Å²) in [6, 6.07) is 25.7. The van der Waals surface area contributed by atoms with Crippen molar-refractivity contribution >= 4 is 59.3 Å². The van der Waals surface area contributed by atoms with E-state index in [0.29, 0.717) is 19.9 Å². The van der Waals surface area contributed by atoms with E-state index in [1.54, 1.807) is 11.7 Å². The number of aryl methyl sites for hydroxylation is 2. The molecule has 0 atom stereocenters. The Bertz CT molecular complexity index is 3570. The topological polar surface area (TPSA) is 529 Å². The molecule has 0 bridgehead atoms. The molecular formula is C38H42F3N33O5S2. The number of nitrogens with zero attached hydrogens (tertiary/aromatic N) is 24.